The smallest absolute Gasteiger partial charge is 0.137 e. The van der Waals surface area contributed by atoms with Gasteiger partial charge in [-0.1, -0.05) is 123 Å². The molecular weight excluding hydrogens is 685 g/mol. The quantitative estimate of drug-likeness (QED) is 0.163. The van der Waals surface area contributed by atoms with Gasteiger partial charge in [0, 0.05) is 45.9 Å². The lowest BCUT2D eigenvalue weighted by atomic mass is 9.75. The summed E-state index contributed by atoms with van der Waals surface area (Å²) in [5.74, 6) is 3.31. The molecule has 11 rings (SSSR count). The Labute approximate surface area is 342 Å². The second-order valence-corrected chi connectivity index (χ2v) is 15.4. The van der Waals surface area contributed by atoms with E-state index in [2.05, 4.69) is 57.5 Å². The van der Waals surface area contributed by atoms with Crippen LogP contribution in [0.15, 0.2) is 170 Å². The van der Waals surface area contributed by atoms with Crippen molar-refractivity contribution < 1.29 is 18.4 Å². The third-order valence-corrected chi connectivity index (χ3v) is 12.7. The fourth-order valence-electron chi connectivity index (χ4n) is 10.2. The van der Waals surface area contributed by atoms with Gasteiger partial charge in [-0.25, -0.2) is 4.98 Å². The first-order valence-electron chi connectivity index (χ1n) is 24.3. The largest absolute Gasteiger partial charge is 0.457 e. The van der Waals surface area contributed by atoms with Gasteiger partial charge < -0.3 is 14.5 Å². The number of rotatable bonds is 7. The van der Waals surface area contributed by atoms with Crippen LogP contribution >= 0.6 is 0 Å². The first-order valence-corrected chi connectivity index (χ1v) is 19.3. The Bertz CT molecular complexity index is 3160. The van der Waals surface area contributed by atoms with E-state index in [0.717, 1.165) is 39.7 Å². The summed E-state index contributed by atoms with van der Waals surface area (Å²) < 4.78 is 96.7. The second kappa shape index (κ2) is 13.2. The van der Waals surface area contributed by atoms with Crippen LogP contribution in [-0.4, -0.2) is 28.3 Å². The number of aromatic nitrogens is 2. The molecule has 2 saturated carbocycles. The Morgan fingerprint density at radius 2 is 1.25 bits per heavy atom. The topological polar surface area (TPSA) is 33.5 Å². The molecule has 6 aromatic carbocycles. The van der Waals surface area contributed by atoms with Crippen LogP contribution in [0.3, 0.4) is 0 Å². The van der Waals surface area contributed by atoms with E-state index >= 15 is 0 Å². The average Bonchev–Trinajstić information content (AvgIpc) is 4.08. The summed E-state index contributed by atoms with van der Waals surface area (Å²) in [5, 5.41) is 2.18. The molecule has 3 aliphatic rings. The van der Waals surface area contributed by atoms with Gasteiger partial charge in [-0.3, -0.25) is 4.57 Å². The van der Waals surface area contributed by atoms with Gasteiger partial charge in [0.25, 0.3) is 0 Å². The Balaban J connectivity index is 1.06. The molecule has 2 aromatic heterocycles. The number of fused-ring (bicyclic) bond motifs is 8. The molecule has 5 nitrogen and oxygen atoms in total. The van der Waals surface area contributed by atoms with E-state index in [1.165, 1.54) is 0 Å². The predicted molar refractivity (Wildman–Crippen MR) is 230 cm³/mol. The van der Waals surface area contributed by atoms with Gasteiger partial charge in [0.05, 0.1) is 49.2 Å². The maximum atomic E-state index is 9.12. The monoisotopic (exact) mass is 738 g/mol. The number of anilines is 2. The molecule has 1 saturated heterocycles. The third kappa shape index (κ3) is 5.17. The van der Waals surface area contributed by atoms with Crippen molar-refractivity contribution in [3.05, 3.63) is 170 Å². The van der Waals surface area contributed by atoms with Crippen molar-refractivity contribution in [2.45, 2.75) is 32.4 Å². The van der Waals surface area contributed by atoms with Crippen molar-refractivity contribution in [2.24, 2.45) is 23.7 Å². The van der Waals surface area contributed by atoms with E-state index in [9.17, 15) is 0 Å². The zero-order chi connectivity index (χ0) is 46.0. The van der Waals surface area contributed by atoms with Crippen LogP contribution in [0.5, 0.6) is 11.5 Å². The van der Waals surface area contributed by atoms with Crippen LogP contribution in [0.25, 0.3) is 49.9 Å². The molecule has 274 valence electrons. The minimum atomic E-state index is -0.516. The van der Waals surface area contributed by atoms with Gasteiger partial charge in [-0.15, -0.1) is 0 Å². The molecule has 5 heteroatoms. The SMILES string of the molecule is [2H]c1c([2H])c([2H])c(-c2cccc(-c3c([2H])c([2H])c([2H])c([2H])c3[2H])c2N2CN(c3cccc(Oc4ccc5c6ccccc6n(-c6ccccn6)c5c4)c3)[C@@H]3C2C2C[C@H]3C(C)C2C)c([2H])c1[2H]. The maximum Gasteiger partial charge on any atom is 0.137 e. The maximum absolute atomic E-state index is 9.12. The minimum Gasteiger partial charge on any atom is -0.457 e. The highest BCUT2D eigenvalue weighted by molar-refractivity contribution is 6.09. The number of hydrogen-bond donors (Lipinski definition) is 0. The summed E-state index contributed by atoms with van der Waals surface area (Å²) in [6.45, 7) is 4.90. The third-order valence-electron chi connectivity index (χ3n) is 12.7. The van der Waals surface area contributed by atoms with Crippen LogP contribution in [0.2, 0.25) is 0 Å². The molecule has 3 fully saturated rings. The molecule has 6 atom stereocenters. The Hall–Kier alpha value is -6.33. The van der Waals surface area contributed by atoms with E-state index in [1.807, 2.05) is 60.7 Å². The van der Waals surface area contributed by atoms with Gasteiger partial charge in [0.2, 0.25) is 0 Å². The highest BCUT2D eigenvalue weighted by Gasteiger charge is 2.62. The molecular formula is C51H44N4O. The summed E-state index contributed by atoms with van der Waals surface area (Å²) in [6.07, 6.45) is 2.74. The van der Waals surface area contributed by atoms with Crippen molar-refractivity contribution in [1.29, 1.82) is 0 Å². The van der Waals surface area contributed by atoms with Crippen molar-refractivity contribution in [3.63, 3.8) is 0 Å². The summed E-state index contributed by atoms with van der Waals surface area (Å²) in [5.41, 5.74) is 4.00. The number of ether oxygens (including phenoxy) is 1. The molecule has 2 bridgehead atoms. The molecule has 0 spiro atoms. The lowest BCUT2D eigenvalue weighted by molar-refractivity contribution is 0.220. The zero-order valence-electron chi connectivity index (χ0n) is 41.0. The van der Waals surface area contributed by atoms with Crippen LogP contribution in [0, 0.1) is 23.7 Å². The fourth-order valence-corrected chi connectivity index (χ4v) is 10.2. The molecule has 0 N–H and O–H groups in total. The van der Waals surface area contributed by atoms with Gasteiger partial charge in [-0.2, -0.15) is 0 Å². The standard InChI is InChI=1S/C51H44N4O/c1-33-34(2)45-31-44(33)50-51(45)54(49-40(35-15-5-3-6-16-35)22-14-23-41(49)36-17-7-4-8-18-36)32-53(50)37-19-13-20-38(29-37)56-39-26-27-43-42-21-9-10-24-46(42)55(47(43)30-39)48-25-11-12-28-52-48/h3-30,33-34,44-45,50-51H,31-32H2,1-2H3/t33?,34?,44-,45?,50-,51?/m0/s1/i3D,4D,5D,6D,7D,8D,15D,16D,17D,18D. The van der Waals surface area contributed by atoms with Crippen LogP contribution in [-0.2, 0) is 0 Å². The van der Waals surface area contributed by atoms with Crippen molar-refractivity contribution in [3.8, 4) is 39.6 Å². The molecule has 2 aliphatic carbocycles. The van der Waals surface area contributed by atoms with Crippen LogP contribution in [0.4, 0.5) is 11.4 Å². The molecule has 56 heavy (non-hydrogen) atoms. The number of hydrogen-bond acceptors (Lipinski definition) is 4. The average molecular weight is 739 g/mol. The van der Waals surface area contributed by atoms with E-state index in [4.69, 9.17) is 18.4 Å². The predicted octanol–water partition coefficient (Wildman–Crippen LogP) is 12.2. The van der Waals surface area contributed by atoms with E-state index in [1.54, 1.807) is 24.4 Å². The van der Waals surface area contributed by atoms with Crippen molar-refractivity contribution in [2.75, 3.05) is 16.5 Å². The van der Waals surface area contributed by atoms with Gasteiger partial charge in [0.1, 0.15) is 17.3 Å². The number of nitrogens with zero attached hydrogens (tertiary/aromatic N) is 4. The fraction of sp³-hybridized carbons (Fsp3) is 0.196. The normalized spacial score (nSPS) is 25.1. The Morgan fingerprint density at radius 1 is 0.607 bits per heavy atom. The summed E-state index contributed by atoms with van der Waals surface area (Å²) >= 11 is 0. The highest BCUT2D eigenvalue weighted by atomic mass is 16.5. The second-order valence-electron chi connectivity index (χ2n) is 15.4. The molecule has 8 aromatic rings. The van der Waals surface area contributed by atoms with Crippen molar-refractivity contribution in [1.82, 2.24) is 9.55 Å². The lowest BCUT2D eigenvalue weighted by Gasteiger charge is -2.40. The van der Waals surface area contributed by atoms with Crippen molar-refractivity contribution >= 4 is 33.2 Å². The summed E-state index contributed by atoms with van der Waals surface area (Å²) in [4.78, 5) is 9.28. The van der Waals surface area contributed by atoms with Gasteiger partial charge in [-0.05, 0) is 83.7 Å². The minimum absolute atomic E-state index is 0.0112. The van der Waals surface area contributed by atoms with Gasteiger partial charge >= 0.3 is 0 Å². The van der Waals surface area contributed by atoms with Gasteiger partial charge in [0.15, 0.2) is 0 Å². The summed E-state index contributed by atoms with van der Waals surface area (Å²) in [6, 6.07) is 28.7. The molecule has 1 aliphatic heterocycles. The summed E-state index contributed by atoms with van der Waals surface area (Å²) in [7, 11) is 0. The lowest BCUT2D eigenvalue weighted by Crippen LogP contribution is -2.47. The number of benzene rings is 6. The first kappa shape index (κ1) is 24.2. The van der Waals surface area contributed by atoms with E-state index < -0.39 is 36.3 Å². The Morgan fingerprint density at radius 3 is 1.96 bits per heavy atom. The molecule has 0 amide bonds. The molecule has 4 unspecified atom stereocenters. The van der Waals surface area contributed by atoms with Crippen LogP contribution < -0.4 is 14.5 Å². The molecule has 3 heterocycles. The number of para-hydroxylation sites is 2. The van der Waals surface area contributed by atoms with E-state index in [-0.39, 0.29) is 59.2 Å². The molecule has 0 radical (unpaired) electrons. The Kier molecular flexibility index (Phi) is 5.70. The number of pyridine rings is 1. The zero-order valence-corrected chi connectivity index (χ0v) is 31.0. The first-order chi connectivity index (χ1) is 31.8. The van der Waals surface area contributed by atoms with Crippen LogP contribution in [0.1, 0.15) is 34.0 Å². The van der Waals surface area contributed by atoms with E-state index in [0.29, 0.717) is 46.8 Å². The highest BCUT2D eigenvalue weighted by Crippen LogP contribution is 2.59.